The van der Waals surface area contributed by atoms with E-state index in [-0.39, 0.29) is 6.04 Å². The molecule has 4 heteroatoms. The first kappa shape index (κ1) is 10.9. The summed E-state index contributed by atoms with van der Waals surface area (Å²) in [5, 5.41) is 0. The second kappa shape index (κ2) is 4.51. The van der Waals surface area contributed by atoms with Crippen molar-refractivity contribution in [3.05, 3.63) is 44.4 Å². The molecule has 0 radical (unpaired) electrons. The third-order valence-electron chi connectivity index (χ3n) is 2.24. The van der Waals surface area contributed by atoms with Gasteiger partial charge in [0.25, 0.3) is 0 Å². The second-order valence-corrected chi connectivity index (χ2v) is 5.90. The van der Waals surface area contributed by atoms with Crippen molar-refractivity contribution in [1.29, 1.82) is 0 Å². The fourth-order valence-electron chi connectivity index (χ4n) is 1.41. The Morgan fingerprint density at radius 2 is 2.40 bits per heavy atom. The predicted molar refractivity (Wildman–Crippen MR) is 66.1 cm³/mol. The number of furan rings is 1. The molecule has 15 heavy (non-hydrogen) atoms. The van der Waals surface area contributed by atoms with Crippen LogP contribution in [0.4, 0.5) is 0 Å². The summed E-state index contributed by atoms with van der Waals surface area (Å²) in [7, 11) is 0. The fraction of sp³-hybridized carbons (Fsp3) is 0.273. The lowest BCUT2D eigenvalue weighted by Gasteiger charge is -2.06. The molecule has 0 amide bonds. The molecule has 2 N–H and O–H groups in total. The second-order valence-electron chi connectivity index (χ2n) is 3.50. The minimum absolute atomic E-state index is 0.0196. The topological polar surface area (TPSA) is 39.2 Å². The Bertz CT molecular complexity index is 416. The van der Waals surface area contributed by atoms with Gasteiger partial charge in [0.1, 0.15) is 5.76 Å². The van der Waals surface area contributed by atoms with Crippen LogP contribution in [0.25, 0.3) is 0 Å². The van der Waals surface area contributed by atoms with Gasteiger partial charge < -0.3 is 10.2 Å². The SMILES string of the molecule is Cc1cc(C(N)Cc2ccco2)sc1Br. The molecule has 2 rings (SSSR count). The van der Waals surface area contributed by atoms with E-state index in [1.54, 1.807) is 17.6 Å². The normalized spacial score (nSPS) is 13.0. The van der Waals surface area contributed by atoms with Gasteiger partial charge in [-0.15, -0.1) is 11.3 Å². The number of thiophene rings is 1. The Morgan fingerprint density at radius 1 is 1.60 bits per heavy atom. The standard InChI is InChI=1S/C11H12BrNOS/c1-7-5-10(15-11(7)12)9(13)6-8-3-2-4-14-8/h2-5,9H,6,13H2,1H3. The van der Waals surface area contributed by atoms with E-state index in [9.17, 15) is 0 Å². The van der Waals surface area contributed by atoms with Crippen molar-refractivity contribution in [2.24, 2.45) is 5.73 Å². The Labute approximate surface area is 101 Å². The summed E-state index contributed by atoms with van der Waals surface area (Å²) in [5.41, 5.74) is 7.34. The highest BCUT2D eigenvalue weighted by Gasteiger charge is 2.12. The molecular formula is C11H12BrNOS. The lowest BCUT2D eigenvalue weighted by molar-refractivity contribution is 0.490. The van der Waals surface area contributed by atoms with E-state index in [1.165, 1.54) is 10.4 Å². The molecule has 0 aliphatic carbocycles. The zero-order valence-electron chi connectivity index (χ0n) is 8.37. The Hall–Kier alpha value is -0.580. The van der Waals surface area contributed by atoms with Crippen LogP contribution in [-0.2, 0) is 6.42 Å². The molecule has 1 atom stereocenters. The van der Waals surface area contributed by atoms with E-state index in [0.29, 0.717) is 0 Å². The summed E-state index contributed by atoms with van der Waals surface area (Å²) in [6, 6.07) is 5.99. The van der Waals surface area contributed by atoms with Crippen molar-refractivity contribution in [3.8, 4) is 0 Å². The van der Waals surface area contributed by atoms with Crippen LogP contribution >= 0.6 is 27.3 Å². The lowest BCUT2D eigenvalue weighted by atomic mass is 10.1. The average Bonchev–Trinajstić information content (AvgIpc) is 2.78. The maximum Gasteiger partial charge on any atom is 0.105 e. The zero-order valence-corrected chi connectivity index (χ0v) is 10.8. The van der Waals surface area contributed by atoms with Gasteiger partial charge in [-0.05, 0) is 46.6 Å². The maximum absolute atomic E-state index is 6.10. The molecule has 0 bridgehead atoms. The van der Waals surface area contributed by atoms with Gasteiger partial charge >= 0.3 is 0 Å². The number of aryl methyl sites for hydroxylation is 1. The van der Waals surface area contributed by atoms with Gasteiger partial charge in [0.15, 0.2) is 0 Å². The molecule has 1 unspecified atom stereocenters. The van der Waals surface area contributed by atoms with E-state index in [2.05, 4.69) is 28.9 Å². The summed E-state index contributed by atoms with van der Waals surface area (Å²) in [6.45, 7) is 2.07. The highest BCUT2D eigenvalue weighted by molar-refractivity contribution is 9.11. The van der Waals surface area contributed by atoms with Crippen molar-refractivity contribution in [3.63, 3.8) is 0 Å². The summed E-state index contributed by atoms with van der Waals surface area (Å²) < 4.78 is 6.44. The van der Waals surface area contributed by atoms with Gasteiger partial charge in [0, 0.05) is 17.3 Å². The largest absolute Gasteiger partial charge is 0.469 e. The van der Waals surface area contributed by atoms with Crippen LogP contribution in [0.5, 0.6) is 0 Å². The van der Waals surface area contributed by atoms with Crippen LogP contribution in [-0.4, -0.2) is 0 Å². The molecule has 2 heterocycles. The minimum Gasteiger partial charge on any atom is -0.469 e. The van der Waals surface area contributed by atoms with Gasteiger partial charge in [-0.1, -0.05) is 0 Å². The van der Waals surface area contributed by atoms with E-state index in [1.807, 2.05) is 12.1 Å². The monoisotopic (exact) mass is 285 g/mol. The summed E-state index contributed by atoms with van der Waals surface area (Å²) in [6.07, 6.45) is 2.43. The molecule has 2 aromatic rings. The van der Waals surface area contributed by atoms with Crippen molar-refractivity contribution in [1.82, 2.24) is 0 Å². The van der Waals surface area contributed by atoms with E-state index in [4.69, 9.17) is 10.2 Å². The van der Waals surface area contributed by atoms with Crippen LogP contribution < -0.4 is 5.73 Å². The quantitative estimate of drug-likeness (QED) is 0.935. The van der Waals surface area contributed by atoms with Crippen molar-refractivity contribution >= 4 is 27.3 Å². The first-order valence-electron chi connectivity index (χ1n) is 4.70. The molecular weight excluding hydrogens is 274 g/mol. The number of rotatable bonds is 3. The molecule has 80 valence electrons. The van der Waals surface area contributed by atoms with E-state index < -0.39 is 0 Å². The first-order valence-corrected chi connectivity index (χ1v) is 6.31. The predicted octanol–water partition coefficient (Wildman–Crippen LogP) is 3.65. The summed E-state index contributed by atoms with van der Waals surface area (Å²) in [5.74, 6) is 0.935. The molecule has 0 aliphatic rings. The van der Waals surface area contributed by atoms with Crippen molar-refractivity contribution in [2.75, 3.05) is 0 Å². The van der Waals surface area contributed by atoms with Crippen molar-refractivity contribution in [2.45, 2.75) is 19.4 Å². The van der Waals surface area contributed by atoms with Crippen LogP contribution in [0, 0.1) is 6.92 Å². The van der Waals surface area contributed by atoms with Gasteiger partial charge in [-0.3, -0.25) is 0 Å². The van der Waals surface area contributed by atoms with Gasteiger partial charge in [-0.2, -0.15) is 0 Å². The fourth-order valence-corrected chi connectivity index (χ4v) is 2.98. The molecule has 0 aliphatic heterocycles. The summed E-state index contributed by atoms with van der Waals surface area (Å²) >= 11 is 5.20. The Kier molecular flexibility index (Phi) is 3.29. The smallest absolute Gasteiger partial charge is 0.105 e. The van der Waals surface area contributed by atoms with Crippen LogP contribution in [0.1, 0.15) is 22.2 Å². The van der Waals surface area contributed by atoms with Crippen molar-refractivity contribution < 1.29 is 4.42 Å². The first-order chi connectivity index (χ1) is 7.16. The molecule has 0 spiro atoms. The van der Waals surface area contributed by atoms with Crippen LogP contribution in [0.2, 0.25) is 0 Å². The molecule has 0 saturated heterocycles. The van der Waals surface area contributed by atoms with Gasteiger partial charge in [0.05, 0.1) is 10.0 Å². The lowest BCUT2D eigenvalue weighted by Crippen LogP contribution is -2.11. The summed E-state index contributed by atoms with van der Waals surface area (Å²) in [4.78, 5) is 1.19. The third-order valence-corrected chi connectivity index (χ3v) is 4.51. The number of hydrogen-bond acceptors (Lipinski definition) is 3. The number of nitrogens with two attached hydrogens (primary N) is 1. The Morgan fingerprint density at radius 3 is 2.93 bits per heavy atom. The third kappa shape index (κ3) is 2.51. The maximum atomic E-state index is 6.10. The average molecular weight is 286 g/mol. The zero-order chi connectivity index (χ0) is 10.8. The number of halogens is 1. The van der Waals surface area contributed by atoms with E-state index in [0.717, 1.165) is 16.0 Å². The molecule has 2 nitrogen and oxygen atoms in total. The molecule has 0 aromatic carbocycles. The highest BCUT2D eigenvalue weighted by atomic mass is 79.9. The molecule has 0 fully saturated rings. The Balaban J connectivity index is 2.11. The van der Waals surface area contributed by atoms with E-state index >= 15 is 0 Å². The number of hydrogen-bond donors (Lipinski definition) is 1. The molecule has 0 saturated carbocycles. The van der Waals surface area contributed by atoms with Crippen LogP contribution in [0.15, 0.2) is 32.7 Å². The molecule has 2 aromatic heterocycles. The highest BCUT2D eigenvalue weighted by Crippen LogP contribution is 2.31. The van der Waals surface area contributed by atoms with Crippen LogP contribution in [0.3, 0.4) is 0 Å². The minimum atomic E-state index is 0.0196. The van der Waals surface area contributed by atoms with Gasteiger partial charge in [0.2, 0.25) is 0 Å². The van der Waals surface area contributed by atoms with Gasteiger partial charge in [-0.25, -0.2) is 0 Å².